The molecule has 1 aliphatic rings. The fourth-order valence-electron chi connectivity index (χ4n) is 2.19. The summed E-state index contributed by atoms with van der Waals surface area (Å²) >= 11 is 6.87. The number of benzene rings is 1. The molecule has 0 aromatic heterocycles. The summed E-state index contributed by atoms with van der Waals surface area (Å²) in [7, 11) is 2.20. The molecule has 114 valence electrons. The van der Waals surface area contributed by atoms with E-state index in [-0.39, 0.29) is 5.91 Å². The normalized spacial score (nSPS) is 15.8. The molecule has 6 heteroatoms. The monoisotopic (exact) mass is 324 g/mol. The average Bonchev–Trinajstić information content (AvgIpc) is 2.48. The van der Waals surface area contributed by atoms with Crippen LogP contribution in [0.1, 0.15) is 5.56 Å². The van der Waals surface area contributed by atoms with E-state index in [0.29, 0.717) is 5.75 Å². The second-order valence-electron chi connectivity index (χ2n) is 5.36. The molecule has 0 unspecified atom stereocenters. The van der Waals surface area contributed by atoms with Crippen molar-refractivity contribution in [3.8, 4) is 0 Å². The number of quaternary nitrogens is 1. The Labute approximate surface area is 135 Å². The Morgan fingerprint density at radius 1 is 1.38 bits per heavy atom. The molecule has 2 N–H and O–H groups in total. The molecule has 0 atom stereocenters. The van der Waals surface area contributed by atoms with Crippen molar-refractivity contribution in [1.29, 1.82) is 0 Å². The van der Waals surface area contributed by atoms with Crippen molar-refractivity contribution < 1.29 is 9.69 Å². The second kappa shape index (κ2) is 7.77. The lowest BCUT2D eigenvalue weighted by atomic mass is 10.2. The third-order valence-corrected chi connectivity index (χ3v) is 5.14. The predicted octanol–water partition coefficient (Wildman–Crippen LogP) is 0.782. The number of carbonyl (C=O) groups excluding carboxylic acids is 1. The summed E-state index contributed by atoms with van der Waals surface area (Å²) in [5, 5.41) is 2.93. The molecule has 1 aliphatic heterocycles. The molecule has 1 heterocycles. The number of piperazine rings is 1. The number of rotatable bonds is 3. The Bertz CT molecular complexity index is 513. The maximum absolute atomic E-state index is 12.0. The van der Waals surface area contributed by atoms with Gasteiger partial charge in [-0.15, -0.1) is 0 Å². The first-order valence-electron chi connectivity index (χ1n) is 7.15. The van der Waals surface area contributed by atoms with Crippen LogP contribution >= 0.6 is 24.0 Å². The Balaban J connectivity index is 1.76. The molecule has 1 amide bonds. The number of hydrogen-bond donors (Lipinski definition) is 2. The molecule has 0 spiro atoms. The van der Waals surface area contributed by atoms with E-state index in [1.165, 1.54) is 16.7 Å². The van der Waals surface area contributed by atoms with Gasteiger partial charge in [-0.1, -0.05) is 42.2 Å². The number of thioether (sulfide) groups is 1. The van der Waals surface area contributed by atoms with Crippen LogP contribution in [0.3, 0.4) is 0 Å². The lowest BCUT2D eigenvalue weighted by Crippen LogP contribution is -3.12. The maximum Gasteiger partial charge on any atom is 0.234 e. The van der Waals surface area contributed by atoms with Gasteiger partial charge in [-0.25, -0.2) is 0 Å². The van der Waals surface area contributed by atoms with Crippen LogP contribution in [0, 0.1) is 6.92 Å². The highest BCUT2D eigenvalue weighted by Gasteiger charge is 2.19. The molecule has 1 aromatic carbocycles. The van der Waals surface area contributed by atoms with Gasteiger partial charge in [-0.3, -0.25) is 4.79 Å². The van der Waals surface area contributed by atoms with Gasteiger partial charge in [0.15, 0.2) is 0 Å². The van der Waals surface area contributed by atoms with Crippen LogP contribution < -0.4 is 10.2 Å². The molecule has 0 aliphatic carbocycles. The second-order valence-corrected chi connectivity index (χ2v) is 6.97. The number of nitrogens with zero attached hydrogens (tertiary/aromatic N) is 1. The Morgan fingerprint density at radius 3 is 2.71 bits per heavy atom. The van der Waals surface area contributed by atoms with Gasteiger partial charge in [0.2, 0.25) is 5.91 Å². The van der Waals surface area contributed by atoms with E-state index in [1.807, 2.05) is 31.2 Å². The van der Waals surface area contributed by atoms with E-state index in [0.717, 1.165) is 41.8 Å². The average molecular weight is 324 g/mol. The van der Waals surface area contributed by atoms with Crippen LogP contribution in [0.4, 0.5) is 5.69 Å². The minimum absolute atomic E-state index is 0.00333. The standard InChI is InChI=1S/C15H21N3OS2/c1-12-5-3-4-6-13(12)16-14(19)11-21-15(20)18-9-7-17(2)8-10-18/h3-6H,7-11H2,1-2H3,(H,16,19)/p+1. The maximum atomic E-state index is 12.0. The van der Waals surface area contributed by atoms with Crippen molar-refractivity contribution in [2.45, 2.75) is 6.92 Å². The van der Waals surface area contributed by atoms with Gasteiger partial charge >= 0.3 is 0 Å². The van der Waals surface area contributed by atoms with Crippen LogP contribution in [0.2, 0.25) is 0 Å². The number of para-hydroxylation sites is 1. The van der Waals surface area contributed by atoms with E-state index in [2.05, 4.69) is 17.3 Å². The van der Waals surface area contributed by atoms with Gasteiger partial charge in [-0.2, -0.15) is 0 Å². The van der Waals surface area contributed by atoms with Gasteiger partial charge in [0.05, 0.1) is 39.0 Å². The fraction of sp³-hybridized carbons (Fsp3) is 0.467. The highest BCUT2D eigenvalue weighted by atomic mass is 32.2. The topological polar surface area (TPSA) is 36.8 Å². The van der Waals surface area contributed by atoms with Crippen molar-refractivity contribution in [2.75, 3.05) is 44.3 Å². The fourth-order valence-corrected chi connectivity index (χ4v) is 3.24. The van der Waals surface area contributed by atoms with Gasteiger partial charge in [-0.05, 0) is 18.6 Å². The zero-order valence-corrected chi connectivity index (χ0v) is 14.1. The van der Waals surface area contributed by atoms with E-state index in [1.54, 1.807) is 0 Å². The van der Waals surface area contributed by atoms with E-state index in [4.69, 9.17) is 12.2 Å². The molecular formula is C15H22N3OS2+. The van der Waals surface area contributed by atoms with E-state index < -0.39 is 0 Å². The summed E-state index contributed by atoms with van der Waals surface area (Å²) < 4.78 is 0.836. The first-order chi connectivity index (χ1) is 10.1. The van der Waals surface area contributed by atoms with Crippen molar-refractivity contribution in [2.24, 2.45) is 0 Å². The van der Waals surface area contributed by atoms with E-state index >= 15 is 0 Å². The van der Waals surface area contributed by atoms with Crippen LogP contribution in [0.5, 0.6) is 0 Å². The van der Waals surface area contributed by atoms with Gasteiger partial charge in [0, 0.05) is 5.69 Å². The summed E-state index contributed by atoms with van der Waals surface area (Å²) in [6.45, 7) is 6.17. The molecular weight excluding hydrogens is 302 g/mol. The summed E-state index contributed by atoms with van der Waals surface area (Å²) in [5.74, 6) is 0.364. The molecule has 2 rings (SSSR count). The van der Waals surface area contributed by atoms with Gasteiger partial charge < -0.3 is 15.1 Å². The lowest BCUT2D eigenvalue weighted by Gasteiger charge is -2.31. The number of anilines is 1. The minimum Gasteiger partial charge on any atom is -0.346 e. The quantitative estimate of drug-likeness (QED) is 0.806. The summed E-state index contributed by atoms with van der Waals surface area (Å²) in [6.07, 6.45) is 0. The predicted molar refractivity (Wildman–Crippen MR) is 93.1 cm³/mol. The number of hydrogen-bond acceptors (Lipinski definition) is 3. The zero-order chi connectivity index (χ0) is 15.2. The largest absolute Gasteiger partial charge is 0.346 e. The first kappa shape index (κ1) is 16.3. The van der Waals surface area contributed by atoms with Crippen LogP contribution in [0.25, 0.3) is 0 Å². The lowest BCUT2D eigenvalue weighted by molar-refractivity contribution is -0.883. The molecule has 4 nitrogen and oxygen atoms in total. The van der Waals surface area contributed by atoms with Crippen molar-refractivity contribution >= 4 is 39.9 Å². The Hall–Kier alpha value is -1.11. The molecule has 21 heavy (non-hydrogen) atoms. The first-order valence-corrected chi connectivity index (χ1v) is 8.54. The summed E-state index contributed by atoms with van der Waals surface area (Å²) in [6, 6.07) is 7.79. The smallest absolute Gasteiger partial charge is 0.234 e. The third-order valence-electron chi connectivity index (χ3n) is 3.62. The number of carbonyl (C=O) groups is 1. The number of amides is 1. The molecule has 0 radical (unpaired) electrons. The molecule has 0 saturated carbocycles. The minimum atomic E-state index is -0.00333. The Kier molecular flexibility index (Phi) is 6.02. The number of nitrogens with one attached hydrogen (secondary N) is 2. The molecule has 1 aromatic rings. The summed E-state index contributed by atoms with van der Waals surface area (Å²) in [4.78, 5) is 15.7. The van der Waals surface area contributed by atoms with Crippen LogP contribution in [-0.2, 0) is 4.79 Å². The molecule has 1 fully saturated rings. The number of thiocarbonyl (C=S) groups is 1. The van der Waals surface area contributed by atoms with Crippen molar-refractivity contribution in [1.82, 2.24) is 4.90 Å². The van der Waals surface area contributed by atoms with Crippen LogP contribution in [-0.4, -0.2) is 54.1 Å². The summed E-state index contributed by atoms with van der Waals surface area (Å²) in [5.41, 5.74) is 1.94. The van der Waals surface area contributed by atoms with E-state index in [9.17, 15) is 4.79 Å². The number of aryl methyl sites for hydroxylation is 1. The van der Waals surface area contributed by atoms with Crippen LogP contribution in [0.15, 0.2) is 24.3 Å². The van der Waals surface area contributed by atoms with Crippen molar-refractivity contribution in [3.05, 3.63) is 29.8 Å². The molecule has 0 bridgehead atoms. The van der Waals surface area contributed by atoms with Gasteiger partial charge in [0.1, 0.15) is 4.32 Å². The molecule has 1 saturated heterocycles. The highest BCUT2D eigenvalue weighted by Crippen LogP contribution is 2.15. The number of likely N-dealkylation sites (N-methyl/N-ethyl adjacent to an activating group) is 1. The highest BCUT2D eigenvalue weighted by molar-refractivity contribution is 8.23. The SMILES string of the molecule is Cc1ccccc1NC(=O)CSC(=S)N1CC[NH+](C)CC1. The Morgan fingerprint density at radius 2 is 2.05 bits per heavy atom. The zero-order valence-electron chi connectivity index (χ0n) is 12.5. The van der Waals surface area contributed by atoms with Gasteiger partial charge in [0.25, 0.3) is 0 Å². The third kappa shape index (κ3) is 4.98. The van der Waals surface area contributed by atoms with Crippen molar-refractivity contribution in [3.63, 3.8) is 0 Å².